The first-order valence-corrected chi connectivity index (χ1v) is 11.5. The molecule has 1 atom stereocenters. The van der Waals surface area contributed by atoms with Gasteiger partial charge in [0.15, 0.2) is 9.84 Å². The van der Waals surface area contributed by atoms with Gasteiger partial charge in [-0.25, -0.2) is 8.42 Å². The Labute approximate surface area is 160 Å². The second-order valence-electron chi connectivity index (χ2n) is 6.16. The number of imide groups is 1. The average Bonchev–Trinajstić information content (AvgIpc) is 3.27. The normalized spacial score (nSPS) is 23.8. The summed E-state index contributed by atoms with van der Waals surface area (Å²) in [6.07, 6.45) is 2.08. The Bertz CT molecular complexity index is 860. The van der Waals surface area contributed by atoms with E-state index in [4.69, 9.17) is 0 Å². The van der Waals surface area contributed by atoms with E-state index in [1.54, 1.807) is 13.1 Å². The largest absolute Gasteiger partial charge is 0.342 e. The Morgan fingerprint density at radius 2 is 2.19 bits per heavy atom. The van der Waals surface area contributed by atoms with Gasteiger partial charge in [-0.15, -0.1) is 11.3 Å². The topological polar surface area (TPSA) is 91.8 Å². The van der Waals surface area contributed by atoms with Gasteiger partial charge in [0.05, 0.1) is 16.4 Å². The highest BCUT2D eigenvalue weighted by Gasteiger charge is 2.36. The van der Waals surface area contributed by atoms with Crippen molar-refractivity contribution in [2.75, 3.05) is 25.1 Å². The van der Waals surface area contributed by atoms with E-state index in [2.05, 4.69) is 0 Å². The fraction of sp³-hybridized carbons (Fsp3) is 0.438. The number of carbonyl (C=O) groups is 3. The van der Waals surface area contributed by atoms with E-state index in [0.29, 0.717) is 11.3 Å². The Morgan fingerprint density at radius 1 is 1.42 bits per heavy atom. The number of nitrogens with zero attached hydrogens (tertiary/aromatic N) is 2. The Kier molecular flexibility index (Phi) is 5.54. The molecule has 2 aliphatic heterocycles. The molecule has 10 heteroatoms. The lowest BCUT2D eigenvalue weighted by atomic mass is 10.2. The second-order valence-corrected chi connectivity index (χ2v) is 10.4. The van der Waals surface area contributed by atoms with Crippen LogP contribution >= 0.6 is 23.1 Å². The van der Waals surface area contributed by atoms with Crippen molar-refractivity contribution < 1.29 is 22.8 Å². The molecule has 0 bridgehead atoms. The van der Waals surface area contributed by atoms with E-state index < -0.39 is 21.0 Å². The Morgan fingerprint density at radius 3 is 2.81 bits per heavy atom. The van der Waals surface area contributed by atoms with E-state index in [-0.39, 0.29) is 36.4 Å². The molecule has 3 rings (SSSR count). The number of thiophene rings is 1. The average molecular weight is 415 g/mol. The van der Waals surface area contributed by atoms with Gasteiger partial charge >= 0.3 is 0 Å². The lowest BCUT2D eigenvalue weighted by Crippen LogP contribution is -2.40. The summed E-state index contributed by atoms with van der Waals surface area (Å²) in [6.45, 7) is -0.00487. The molecule has 0 N–H and O–H groups in total. The predicted molar refractivity (Wildman–Crippen MR) is 101 cm³/mol. The summed E-state index contributed by atoms with van der Waals surface area (Å²) in [5.74, 6) is -0.604. The highest BCUT2D eigenvalue weighted by Crippen LogP contribution is 2.33. The summed E-state index contributed by atoms with van der Waals surface area (Å²) < 4.78 is 23.1. The first-order valence-electron chi connectivity index (χ1n) is 8.02. The number of sulfone groups is 1. The maximum absolute atomic E-state index is 12.4. The Hall–Kier alpha value is -1.65. The summed E-state index contributed by atoms with van der Waals surface area (Å²) in [6, 6.07) is 3.38. The molecule has 1 aromatic heterocycles. The standard InChI is InChI=1S/C16H18N2O5S3/c1-17(11-5-8-26(22,23)10-11)14(19)4-6-18-15(20)13(25-16(18)21)9-12-3-2-7-24-12/h2-3,7,9,11H,4-6,8,10H2,1H3. The van der Waals surface area contributed by atoms with Crippen LogP contribution in [0, 0.1) is 0 Å². The fourth-order valence-corrected chi connectivity index (χ4v) is 6.23. The second kappa shape index (κ2) is 7.53. The molecule has 0 aliphatic carbocycles. The van der Waals surface area contributed by atoms with Crippen molar-refractivity contribution in [1.82, 2.24) is 9.80 Å². The number of amides is 3. The highest BCUT2D eigenvalue weighted by atomic mass is 32.2. The third-order valence-electron chi connectivity index (χ3n) is 4.39. The monoisotopic (exact) mass is 414 g/mol. The number of rotatable bonds is 5. The summed E-state index contributed by atoms with van der Waals surface area (Å²) in [5.41, 5.74) is 0. The van der Waals surface area contributed by atoms with Crippen molar-refractivity contribution in [3.8, 4) is 0 Å². The van der Waals surface area contributed by atoms with Crippen LogP contribution in [0.2, 0.25) is 0 Å². The van der Waals surface area contributed by atoms with Crippen molar-refractivity contribution in [3.63, 3.8) is 0 Å². The molecule has 0 aromatic carbocycles. The predicted octanol–water partition coefficient (Wildman–Crippen LogP) is 1.82. The number of carbonyl (C=O) groups excluding carboxylic acids is 3. The van der Waals surface area contributed by atoms with Crippen LogP contribution in [0.5, 0.6) is 0 Å². The number of hydrogen-bond donors (Lipinski definition) is 0. The maximum atomic E-state index is 12.4. The summed E-state index contributed by atoms with van der Waals surface area (Å²) in [5, 5.41) is 1.49. The zero-order valence-corrected chi connectivity index (χ0v) is 16.5. The van der Waals surface area contributed by atoms with Crippen molar-refractivity contribution in [2.24, 2.45) is 0 Å². The summed E-state index contributed by atoms with van der Waals surface area (Å²) in [4.78, 5) is 40.5. The minimum absolute atomic E-state index is 0.00487. The highest BCUT2D eigenvalue weighted by molar-refractivity contribution is 8.18. The van der Waals surface area contributed by atoms with Crippen LogP contribution in [0.1, 0.15) is 17.7 Å². The molecule has 3 heterocycles. The van der Waals surface area contributed by atoms with E-state index in [0.717, 1.165) is 21.5 Å². The van der Waals surface area contributed by atoms with Crippen LogP contribution in [-0.4, -0.2) is 66.4 Å². The lowest BCUT2D eigenvalue weighted by Gasteiger charge is -2.24. The van der Waals surface area contributed by atoms with Gasteiger partial charge in [0.2, 0.25) is 5.91 Å². The molecule has 0 radical (unpaired) electrons. The molecule has 0 spiro atoms. The molecule has 0 saturated carbocycles. The first kappa shape index (κ1) is 19.1. The van der Waals surface area contributed by atoms with Crippen molar-refractivity contribution in [3.05, 3.63) is 27.3 Å². The van der Waals surface area contributed by atoms with Gasteiger partial charge in [-0.1, -0.05) is 6.07 Å². The van der Waals surface area contributed by atoms with Crippen LogP contribution in [0.25, 0.3) is 6.08 Å². The van der Waals surface area contributed by atoms with Gasteiger partial charge in [0, 0.05) is 30.9 Å². The Balaban J connectivity index is 1.58. The lowest BCUT2D eigenvalue weighted by molar-refractivity contribution is -0.132. The zero-order chi connectivity index (χ0) is 18.9. The molecule has 3 amide bonds. The van der Waals surface area contributed by atoms with Crippen molar-refractivity contribution in [2.45, 2.75) is 18.9 Å². The molecule has 140 valence electrons. The minimum Gasteiger partial charge on any atom is -0.342 e. The van der Waals surface area contributed by atoms with E-state index in [1.165, 1.54) is 16.2 Å². The molecule has 26 heavy (non-hydrogen) atoms. The van der Waals surface area contributed by atoms with Gasteiger partial charge in [-0.2, -0.15) is 0 Å². The molecular weight excluding hydrogens is 396 g/mol. The molecule has 2 fully saturated rings. The quantitative estimate of drug-likeness (QED) is 0.683. The summed E-state index contributed by atoms with van der Waals surface area (Å²) >= 11 is 2.33. The van der Waals surface area contributed by atoms with E-state index in [9.17, 15) is 22.8 Å². The third-order valence-corrected chi connectivity index (χ3v) is 7.87. The van der Waals surface area contributed by atoms with Crippen LogP contribution < -0.4 is 0 Å². The van der Waals surface area contributed by atoms with Crippen LogP contribution in [0.3, 0.4) is 0 Å². The van der Waals surface area contributed by atoms with Crippen molar-refractivity contribution in [1.29, 1.82) is 0 Å². The SMILES string of the molecule is CN(C(=O)CCN1C(=O)SC(=Cc2cccs2)C1=O)C1CCS(=O)(=O)C1. The van der Waals surface area contributed by atoms with Crippen molar-refractivity contribution >= 4 is 56.1 Å². The van der Waals surface area contributed by atoms with Crippen LogP contribution in [0.4, 0.5) is 4.79 Å². The summed E-state index contributed by atoms with van der Waals surface area (Å²) in [7, 11) is -1.51. The van der Waals surface area contributed by atoms with Crippen LogP contribution in [-0.2, 0) is 19.4 Å². The van der Waals surface area contributed by atoms with Gasteiger partial charge in [-0.05, 0) is 35.7 Å². The molecule has 7 nitrogen and oxygen atoms in total. The zero-order valence-electron chi connectivity index (χ0n) is 14.1. The number of thioether (sulfide) groups is 1. The maximum Gasteiger partial charge on any atom is 0.293 e. The van der Waals surface area contributed by atoms with E-state index >= 15 is 0 Å². The van der Waals surface area contributed by atoms with Gasteiger partial charge in [-0.3, -0.25) is 19.3 Å². The molecule has 1 aromatic rings. The first-order chi connectivity index (χ1) is 12.3. The molecular formula is C16H18N2O5S3. The third kappa shape index (κ3) is 4.18. The molecule has 2 aliphatic rings. The number of hydrogen-bond acceptors (Lipinski definition) is 7. The molecule has 1 unspecified atom stereocenters. The fourth-order valence-electron chi connectivity index (χ4n) is 2.86. The smallest absolute Gasteiger partial charge is 0.293 e. The van der Waals surface area contributed by atoms with E-state index in [1.807, 2.05) is 17.5 Å². The van der Waals surface area contributed by atoms with Gasteiger partial charge in [0.25, 0.3) is 11.1 Å². The van der Waals surface area contributed by atoms with Crippen LogP contribution in [0.15, 0.2) is 22.4 Å². The minimum atomic E-state index is -3.08. The molecule has 2 saturated heterocycles. The van der Waals surface area contributed by atoms with Gasteiger partial charge in [0.1, 0.15) is 0 Å². The van der Waals surface area contributed by atoms with Gasteiger partial charge < -0.3 is 4.90 Å².